The maximum Gasteiger partial charge on any atom is 0.329 e. The molecule has 0 aliphatic carbocycles. The Balaban J connectivity index is 3.26. The van der Waals surface area contributed by atoms with Gasteiger partial charge in [0.15, 0.2) is 0 Å². The van der Waals surface area contributed by atoms with Crippen molar-refractivity contribution in [3.8, 4) is 0 Å². The number of rotatable bonds is 9. The van der Waals surface area contributed by atoms with Crippen LogP contribution in [0.1, 0.15) is 47.0 Å². The highest BCUT2D eigenvalue weighted by Crippen LogP contribution is 2.43. The van der Waals surface area contributed by atoms with E-state index in [1.807, 2.05) is 0 Å². The Morgan fingerprint density at radius 3 is 1.87 bits per heavy atom. The highest BCUT2D eigenvalue weighted by atomic mass is 127. The van der Waals surface area contributed by atoms with Crippen molar-refractivity contribution in [3.05, 3.63) is 0 Å². The molecule has 0 aromatic heterocycles. The van der Waals surface area contributed by atoms with Crippen LogP contribution in [0.3, 0.4) is 0 Å². The summed E-state index contributed by atoms with van der Waals surface area (Å²) in [6.45, 7) is 10.9. The molecule has 6 heteroatoms. The SMILES string of the molecule is CCC[N+]1(CCC)CC(C(=O)OCC)(C(=O)OCC)CC1CI. The molecule has 23 heavy (non-hydrogen) atoms. The van der Waals surface area contributed by atoms with Gasteiger partial charge in [-0.1, -0.05) is 36.4 Å². The van der Waals surface area contributed by atoms with E-state index in [0.29, 0.717) is 19.0 Å². The van der Waals surface area contributed by atoms with E-state index < -0.39 is 17.4 Å². The fourth-order valence-corrected chi connectivity index (χ4v) is 5.12. The molecule has 0 radical (unpaired) electrons. The van der Waals surface area contributed by atoms with E-state index in [0.717, 1.165) is 34.8 Å². The van der Waals surface area contributed by atoms with Gasteiger partial charge in [0, 0.05) is 6.42 Å². The van der Waals surface area contributed by atoms with E-state index in [1.165, 1.54) is 0 Å². The van der Waals surface area contributed by atoms with Gasteiger partial charge in [-0.25, -0.2) is 0 Å². The highest BCUT2D eigenvalue weighted by molar-refractivity contribution is 14.1. The number of esters is 2. The van der Waals surface area contributed by atoms with Crippen LogP contribution in [-0.2, 0) is 19.1 Å². The first-order chi connectivity index (χ1) is 11.0. The Morgan fingerprint density at radius 2 is 1.52 bits per heavy atom. The predicted octanol–water partition coefficient (Wildman–Crippen LogP) is 2.94. The van der Waals surface area contributed by atoms with E-state index in [1.54, 1.807) is 13.8 Å². The van der Waals surface area contributed by atoms with Crippen molar-refractivity contribution in [2.45, 2.75) is 53.0 Å². The number of alkyl halides is 1. The zero-order valence-corrected chi connectivity index (χ0v) is 17.1. The van der Waals surface area contributed by atoms with Crippen LogP contribution in [0, 0.1) is 5.41 Å². The van der Waals surface area contributed by atoms with Crippen molar-refractivity contribution in [1.29, 1.82) is 0 Å². The Bertz CT molecular complexity index is 389. The minimum atomic E-state index is -1.13. The molecule has 1 rings (SSSR count). The van der Waals surface area contributed by atoms with E-state index in [9.17, 15) is 9.59 Å². The average molecular weight is 440 g/mol. The van der Waals surface area contributed by atoms with E-state index in [4.69, 9.17) is 9.47 Å². The standard InChI is InChI=1S/C17H31INO4/c1-5-9-19(10-6-2)13-17(11-14(19)12-18,15(20)22-7-3)16(21)23-8-4/h14H,5-13H2,1-4H3/q+1. The molecule has 134 valence electrons. The van der Waals surface area contributed by atoms with Crippen LogP contribution >= 0.6 is 22.6 Å². The Hall–Kier alpha value is -0.370. The fraction of sp³-hybridized carbons (Fsp3) is 0.882. The normalized spacial score (nSPS) is 21.9. The molecule has 0 spiro atoms. The van der Waals surface area contributed by atoms with Crippen molar-refractivity contribution < 1.29 is 23.5 Å². The molecule has 1 unspecified atom stereocenters. The predicted molar refractivity (Wildman–Crippen MR) is 98.4 cm³/mol. The average Bonchev–Trinajstić information content (AvgIpc) is 2.84. The van der Waals surface area contributed by atoms with Gasteiger partial charge in [0.05, 0.1) is 30.7 Å². The molecule has 1 aliphatic rings. The summed E-state index contributed by atoms with van der Waals surface area (Å²) in [4.78, 5) is 25.4. The minimum Gasteiger partial charge on any atom is -0.465 e. The third kappa shape index (κ3) is 4.18. The van der Waals surface area contributed by atoms with Gasteiger partial charge in [-0.2, -0.15) is 0 Å². The van der Waals surface area contributed by atoms with Gasteiger partial charge >= 0.3 is 11.9 Å². The molecule has 1 fully saturated rings. The van der Waals surface area contributed by atoms with Gasteiger partial charge in [-0.15, -0.1) is 0 Å². The molecule has 0 aromatic carbocycles. The smallest absolute Gasteiger partial charge is 0.329 e. The first-order valence-corrected chi connectivity index (χ1v) is 10.2. The van der Waals surface area contributed by atoms with Crippen molar-refractivity contribution in [2.24, 2.45) is 5.41 Å². The van der Waals surface area contributed by atoms with Crippen LogP contribution in [0.4, 0.5) is 0 Å². The number of ether oxygens (including phenoxy) is 2. The number of halogens is 1. The van der Waals surface area contributed by atoms with Crippen LogP contribution in [0.15, 0.2) is 0 Å². The molecule has 0 saturated carbocycles. The molecule has 1 atom stereocenters. The van der Waals surface area contributed by atoms with Gasteiger partial charge in [0.25, 0.3) is 0 Å². The summed E-state index contributed by atoms with van der Waals surface area (Å²) in [7, 11) is 0. The summed E-state index contributed by atoms with van der Waals surface area (Å²) in [6, 6.07) is 0.296. The summed E-state index contributed by atoms with van der Waals surface area (Å²) >= 11 is 2.38. The second-order valence-corrected chi connectivity index (χ2v) is 7.24. The van der Waals surface area contributed by atoms with Gasteiger partial charge < -0.3 is 14.0 Å². The molecule has 0 bridgehead atoms. The van der Waals surface area contributed by atoms with E-state index >= 15 is 0 Å². The number of likely N-dealkylation sites (tertiary alicyclic amines) is 1. The van der Waals surface area contributed by atoms with Crippen LogP contribution in [0.2, 0.25) is 0 Å². The monoisotopic (exact) mass is 440 g/mol. The summed E-state index contributed by atoms with van der Waals surface area (Å²) < 4.78 is 12.3. The van der Waals surface area contributed by atoms with Crippen LogP contribution in [0.25, 0.3) is 0 Å². The molecule has 5 nitrogen and oxygen atoms in total. The van der Waals surface area contributed by atoms with Crippen molar-refractivity contribution in [3.63, 3.8) is 0 Å². The lowest BCUT2D eigenvalue weighted by Gasteiger charge is -2.40. The Morgan fingerprint density at radius 1 is 1.04 bits per heavy atom. The molecule has 0 amide bonds. The lowest BCUT2D eigenvalue weighted by Crippen LogP contribution is -2.55. The van der Waals surface area contributed by atoms with Crippen LogP contribution < -0.4 is 0 Å². The van der Waals surface area contributed by atoms with Crippen molar-refractivity contribution >= 4 is 34.5 Å². The Labute approximate surface area is 153 Å². The first-order valence-electron chi connectivity index (χ1n) is 8.72. The van der Waals surface area contributed by atoms with Crippen molar-refractivity contribution in [2.75, 3.05) is 37.3 Å². The number of hydrogen-bond acceptors (Lipinski definition) is 4. The largest absolute Gasteiger partial charge is 0.465 e. The molecule has 0 aromatic rings. The van der Waals surface area contributed by atoms with E-state index in [2.05, 4.69) is 36.4 Å². The number of carbonyl (C=O) groups is 2. The second-order valence-electron chi connectivity index (χ2n) is 6.36. The topological polar surface area (TPSA) is 52.6 Å². The summed E-state index contributed by atoms with van der Waals surface area (Å²) in [5.41, 5.74) is -1.13. The zero-order valence-electron chi connectivity index (χ0n) is 14.9. The number of quaternary nitrogens is 1. The first kappa shape index (κ1) is 20.7. The lowest BCUT2D eigenvalue weighted by molar-refractivity contribution is -0.938. The van der Waals surface area contributed by atoms with Crippen LogP contribution in [0.5, 0.6) is 0 Å². The molecule has 0 N–H and O–H groups in total. The fourth-order valence-electron chi connectivity index (χ4n) is 3.97. The molecular weight excluding hydrogens is 409 g/mol. The molecule has 1 heterocycles. The summed E-state index contributed by atoms with van der Waals surface area (Å²) in [5.74, 6) is -0.805. The Kier molecular flexibility index (Phi) is 8.27. The maximum absolute atomic E-state index is 12.7. The van der Waals surface area contributed by atoms with Gasteiger partial charge in [-0.05, 0) is 26.7 Å². The third-order valence-corrected chi connectivity index (χ3v) is 5.81. The number of nitrogens with zero attached hydrogens (tertiary/aromatic N) is 1. The molecule has 1 aliphatic heterocycles. The highest BCUT2D eigenvalue weighted by Gasteiger charge is 2.64. The summed E-state index contributed by atoms with van der Waals surface area (Å²) in [6.07, 6.45) is 2.61. The second kappa shape index (κ2) is 9.20. The number of hydrogen-bond donors (Lipinski definition) is 0. The molecular formula is C17H31INO4+. The van der Waals surface area contributed by atoms with Gasteiger partial charge in [0.2, 0.25) is 5.41 Å². The maximum atomic E-state index is 12.7. The minimum absolute atomic E-state index is 0.288. The van der Waals surface area contributed by atoms with Crippen LogP contribution in [-0.4, -0.2) is 59.7 Å². The van der Waals surface area contributed by atoms with Gasteiger partial charge in [-0.3, -0.25) is 9.59 Å². The lowest BCUT2D eigenvalue weighted by atomic mass is 9.85. The van der Waals surface area contributed by atoms with Crippen molar-refractivity contribution in [1.82, 2.24) is 0 Å². The quantitative estimate of drug-likeness (QED) is 0.182. The number of carbonyl (C=O) groups excluding carboxylic acids is 2. The van der Waals surface area contributed by atoms with E-state index in [-0.39, 0.29) is 13.2 Å². The summed E-state index contributed by atoms with van der Waals surface area (Å²) in [5, 5.41) is 0. The molecule has 1 saturated heterocycles. The third-order valence-electron chi connectivity index (χ3n) is 4.79. The van der Waals surface area contributed by atoms with Gasteiger partial charge in [0.1, 0.15) is 12.6 Å². The zero-order chi connectivity index (χ0) is 17.5.